The molecule has 3 N–H and O–H groups in total. The van der Waals surface area contributed by atoms with E-state index in [0.29, 0.717) is 41.9 Å². The number of carbonyl (C=O) groups is 1. The van der Waals surface area contributed by atoms with Crippen LogP contribution in [0.2, 0.25) is 0 Å². The number of aliphatic hydroxyl groups is 3. The summed E-state index contributed by atoms with van der Waals surface area (Å²) >= 11 is 0. The van der Waals surface area contributed by atoms with Crippen LogP contribution >= 0.6 is 0 Å². The molecule has 6 heteroatoms. The summed E-state index contributed by atoms with van der Waals surface area (Å²) in [5.74, 6) is 2.27. The lowest BCUT2D eigenvalue weighted by Crippen LogP contribution is -2.62. The van der Waals surface area contributed by atoms with Gasteiger partial charge in [-0.2, -0.15) is 0 Å². The first kappa shape index (κ1) is 32.1. The van der Waals surface area contributed by atoms with Crippen LogP contribution < -0.4 is 0 Å². The van der Waals surface area contributed by atoms with E-state index >= 15 is 0 Å². The normalized spacial score (nSPS) is 48.4. The van der Waals surface area contributed by atoms with Gasteiger partial charge in [0.15, 0.2) is 0 Å². The maximum atomic E-state index is 13.7. The average Bonchev–Trinajstić information content (AvgIpc) is 3.55. The first-order valence-corrected chi connectivity index (χ1v) is 18.4. The summed E-state index contributed by atoms with van der Waals surface area (Å²) in [5.41, 5.74) is 1.48. The molecule has 6 fully saturated rings. The van der Waals surface area contributed by atoms with Crippen molar-refractivity contribution in [1.82, 2.24) is 9.80 Å². The summed E-state index contributed by atoms with van der Waals surface area (Å²) in [7, 11) is 0. The SMILES string of the molecule is C[C@H](CCC(=O)N1CC2(C)CN(Cc3ccccc3)CC2(C)C1)[C@H]1CC[C@H]2[C@@H]3[C@H](O)C[C@@H]4C[C@H](O)CC[C@]4(C)[C@H]3C[C@H](O)[C@]12C. The van der Waals surface area contributed by atoms with E-state index in [1.165, 1.54) is 5.56 Å². The van der Waals surface area contributed by atoms with Crippen LogP contribution in [0.4, 0.5) is 0 Å². The van der Waals surface area contributed by atoms with E-state index in [0.717, 1.165) is 84.1 Å². The predicted octanol–water partition coefficient (Wildman–Crippen LogP) is 5.73. The quantitative estimate of drug-likeness (QED) is 0.378. The van der Waals surface area contributed by atoms with Crippen LogP contribution in [0.15, 0.2) is 30.3 Å². The largest absolute Gasteiger partial charge is 0.393 e. The smallest absolute Gasteiger partial charge is 0.222 e. The van der Waals surface area contributed by atoms with E-state index in [2.05, 4.69) is 74.8 Å². The molecule has 4 aliphatic carbocycles. The third-order valence-electron chi connectivity index (χ3n) is 15.6. The van der Waals surface area contributed by atoms with Gasteiger partial charge in [0, 0.05) is 50.0 Å². The van der Waals surface area contributed by atoms with E-state index in [1.54, 1.807) is 0 Å². The van der Waals surface area contributed by atoms with Gasteiger partial charge < -0.3 is 20.2 Å². The van der Waals surface area contributed by atoms with Gasteiger partial charge >= 0.3 is 0 Å². The van der Waals surface area contributed by atoms with E-state index in [1.807, 2.05) is 0 Å². The number of fused-ring (bicyclic) bond motifs is 6. The molecule has 2 saturated heterocycles. The molecule has 6 aliphatic rings. The highest BCUT2D eigenvalue weighted by molar-refractivity contribution is 5.76. The van der Waals surface area contributed by atoms with Crippen LogP contribution in [0.3, 0.4) is 0 Å². The number of likely N-dealkylation sites (tertiary alicyclic amines) is 2. The van der Waals surface area contributed by atoms with Crippen LogP contribution in [0, 0.1) is 57.2 Å². The van der Waals surface area contributed by atoms with E-state index in [-0.39, 0.29) is 45.9 Å². The molecule has 1 aromatic rings. The third kappa shape index (κ3) is 5.06. The van der Waals surface area contributed by atoms with Crippen molar-refractivity contribution in [3.63, 3.8) is 0 Å². The Morgan fingerprint density at radius 1 is 0.889 bits per heavy atom. The summed E-state index contributed by atoms with van der Waals surface area (Å²) in [6.45, 7) is 16.6. The highest BCUT2D eigenvalue weighted by atomic mass is 16.3. The second-order valence-corrected chi connectivity index (χ2v) is 18.0. The van der Waals surface area contributed by atoms with Crippen molar-refractivity contribution in [2.24, 2.45) is 57.2 Å². The molecule has 0 bridgehead atoms. The van der Waals surface area contributed by atoms with Crippen molar-refractivity contribution in [2.75, 3.05) is 26.2 Å². The number of rotatable bonds is 6. The van der Waals surface area contributed by atoms with Crippen molar-refractivity contribution in [3.05, 3.63) is 35.9 Å². The summed E-state index contributed by atoms with van der Waals surface area (Å²) in [6.07, 6.45) is 6.86. The molecule has 0 aromatic heterocycles. The molecule has 1 aromatic carbocycles. The maximum absolute atomic E-state index is 13.7. The Morgan fingerprint density at radius 3 is 2.27 bits per heavy atom. The van der Waals surface area contributed by atoms with Crippen LogP contribution in [-0.4, -0.2) is 75.5 Å². The van der Waals surface area contributed by atoms with E-state index in [9.17, 15) is 20.1 Å². The number of amides is 1. The number of hydrogen-bond donors (Lipinski definition) is 3. The summed E-state index contributed by atoms with van der Waals surface area (Å²) in [4.78, 5) is 18.5. The second kappa shape index (κ2) is 11.3. The van der Waals surface area contributed by atoms with Crippen molar-refractivity contribution >= 4 is 5.91 Å². The van der Waals surface area contributed by atoms with Gasteiger partial charge in [-0.25, -0.2) is 0 Å². The molecular weight excluding hydrogens is 560 g/mol. The van der Waals surface area contributed by atoms with Crippen LogP contribution in [-0.2, 0) is 11.3 Å². The van der Waals surface area contributed by atoms with Gasteiger partial charge in [-0.05, 0) is 103 Å². The zero-order valence-electron chi connectivity index (χ0n) is 28.6. The molecule has 250 valence electrons. The molecule has 4 saturated carbocycles. The van der Waals surface area contributed by atoms with Crippen LogP contribution in [0.1, 0.15) is 98.0 Å². The number of carbonyl (C=O) groups excluding carboxylic acids is 1. The fraction of sp³-hybridized carbons (Fsp3) is 0.821. The molecule has 0 radical (unpaired) electrons. The molecule has 13 atom stereocenters. The van der Waals surface area contributed by atoms with Crippen molar-refractivity contribution < 1.29 is 20.1 Å². The topological polar surface area (TPSA) is 84.2 Å². The number of nitrogens with zero attached hydrogens (tertiary/aromatic N) is 2. The Kier molecular flexibility index (Phi) is 8.07. The van der Waals surface area contributed by atoms with Gasteiger partial charge in [0.25, 0.3) is 0 Å². The Balaban J connectivity index is 0.977. The van der Waals surface area contributed by atoms with Gasteiger partial charge in [-0.15, -0.1) is 0 Å². The van der Waals surface area contributed by atoms with E-state index < -0.39 is 0 Å². The maximum Gasteiger partial charge on any atom is 0.222 e. The summed E-state index contributed by atoms with van der Waals surface area (Å²) < 4.78 is 0. The van der Waals surface area contributed by atoms with Gasteiger partial charge in [0.2, 0.25) is 5.91 Å². The van der Waals surface area contributed by atoms with Crippen molar-refractivity contribution in [1.29, 1.82) is 0 Å². The number of benzene rings is 1. The minimum Gasteiger partial charge on any atom is -0.393 e. The van der Waals surface area contributed by atoms with Gasteiger partial charge in [-0.1, -0.05) is 65.0 Å². The van der Waals surface area contributed by atoms with Gasteiger partial charge in [-0.3, -0.25) is 9.69 Å². The minimum absolute atomic E-state index is 0.0987. The fourth-order valence-electron chi connectivity index (χ4n) is 12.8. The average molecular weight is 621 g/mol. The van der Waals surface area contributed by atoms with Crippen molar-refractivity contribution in [2.45, 2.75) is 117 Å². The lowest BCUT2D eigenvalue weighted by molar-refractivity contribution is -0.207. The van der Waals surface area contributed by atoms with Gasteiger partial charge in [0.1, 0.15) is 0 Å². The third-order valence-corrected chi connectivity index (χ3v) is 15.6. The zero-order chi connectivity index (χ0) is 31.9. The Bertz CT molecular complexity index is 1240. The standard InChI is InChI=1S/C39H60N2O4/c1-25(11-14-34(45)41-23-36(2)21-40(22-37(36,3)24-41)20-26-9-7-6-8-10-26)29-12-13-30-35-31(19-33(44)39(29,30)5)38(4)16-15-28(42)17-27(38)18-32(35)43/h6-10,25,27-33,35,42-44H,11-24H2,1-5H3/t25-,27+,28-,29-,30+,31+,32-,33+,35+,36?,37?,38+,39-/m1/s1. The molecule has 7 rings (SSSR count). The van der Waals surface area contributed by atoms with Crippen molar-refractivity contribution in [3.8, 4) is 0 Å². The van der Waals surface area contributed by atoms with Crippen LogP contribution in [0.5, 0.6) is 0 Å². The lowest BCUT2D eigenvalue weighted by atomic mass is 9.43. The number of hydrogen-bond acceptors (Lipinski definition) is 5. The summed E-state index contributed by atoms with van der Waals surface area (Å²) in [5, 5.41) is 34.0. The Hall–Kier alpha value is -1.47. The molecule has 0 spiro atoms. The second-order valence-electron chi connectivity index (χ2n) is 18.0. The van der Waals surface area contributed by atoms with Crippen LogP contribution in [0.25, 0.3) is 0 Å². The first-order valence-electron chi connectivity index (χ1n) is 18.4. The first-order chi connectivity index (χ1) is 21.3. The fourth-order valence-corrected chi connectivity index (χ4v) is 12.8. The zero-order valence-corrected chi connectivity index (χ0v) is 28.6. The molecule has 2 aliphatic heterocycles. The molecular formula is C39H60N2O4. The molecule has 45 heavy (non-hydrogen) atoms. The van der Waals surface area contributed by atoms with Gasteiger partial charge in [0.05, 0.1) is 18.3 Å². The molecule has 2 unspecified atom stereocenters. The van der Waals surface area contributed by atoms with E-state index in [4.69, 9.17) is 0 Å². The molecule has 1 amide bonds. The Morgan fingerprint density at radius 2 is 1.58 bits per heavy atom. The lowest BCUT2D eigenvalue weighted by Gasteiger charge is -2.63. The molecule has 2 heterocycles. The summed E-state index contributed by atoms with van der Waals surface area (Å²) in [6, 6.07) is 10.7. The monoisotopic (exact) mass is 620 g/mol. The predicted molar refractivity (Wildman–Crippen MR) is 177 cm³/mol. The highest BCUT2D eigenvalue weighted by Gasteiger charge is 2.66. The minimum atomic E-state index is -0.374. The highest BCUT2D eigenvalue weighted by Crippen LogP contribution is 2.68. The number of aliphatic hydroxyl groups excluding tert-OH is 3. The Labute approximate surface area is 272 Å². The molecule has 6 nitrogen and oxygen atoms in total.